The molecule has 0 unspecified atom stereocenters. The molecule has 3 nitrogen and oxygen atoms in total. The summed E-state index contributed by atoms with van der Waals surface area (Å²) in [7, 11) is 0. The van der Waals surface area contributed by atoms with Crippen molar-refractivity contribution in [3.8, 4) is 0 Å². The summed E-state index contributed by atoms with van der Waals surface area (Å²) in [6, 6.07) is 5.37. The highest BCUT2D eigenvalue weighted by Gasteiger charge is 2.09. The lowest BCUT2D eigenvalue weighted by molar-refractivity contribution is 0.959. The van der Waals surface area contributed by atoms with Crippen LogP contribution in [0.2, 0.25) is 10.0 Å². The molecule has 6 heteroatoms. The molecule has 0 saturated heterocycles. The summed E-state index contributed by atoms with van der Waals surface area (Å²) < 4.78 is 0. The lowest BCUT2D eigenvalue weighted by Crippen LogP contribution is -2.26. The summed E-state index contributed by atoms with van der Waals surface area (Å²) >= 11 is 12.0. The molecular formula is C9H11Cl2N3S. The Morgan fingerprint density at radius 3 is 2.47 bits per heavy atom. The fraction of sp³-hybridized carbons (Fsp3) is 0.222. The molecule has 2 rings (SSSR count). The van der Waals surface area contributed by atoms with Gasteiger partial charge in [0.25, 0.3) is 0 Å². The minimum Gasteiger partial charge on any atom is -0.354 e. The molecule has 0 spiro atoms. The van der Waals surface area contributed by atoms with E-state index in [1.807, 2.05) is 0 Å². The van der Waals surface area contributed by atoms with Crippen molar-refractivity contribution >= 4 is 48.3 Å². The lowest BCUT2D eigenvalue weighted by Gasteiger charge is -2.09. The molecule has 1 aliphatic heterocycles. The molecule has 1 aromatic carbocycles. The molecular weight excluding hydrogens is 253 g/mol. The lowest BCUT2D eigenvalue weighted by atomic mass is 10.3. The van der Waals surface area contributed by atoms with E-state index in [1.54, 1.807) is 18.2 Å². The first-order chi connectivity index (χ1) is 6.77. The number of para-hydroxylation sites is 1. The number of aliphatic imine (C=N–C) groups is 1. The molecule has 1 heterocycles. The molecule has 1 aromatic rings. The van der Waals surface area contributed by atoms with E-state index in [9.17, 15) is 0 Å². The van der Waals surface area contributed by atoms with E-state index in [4.69, 9.17) is 23.2 Å². The Morgan fingerprint density at radius 2 is 1.93 bits per heavy atom. The second kappa shape index (κ2) is 5.49. The van der Waals surface area contributed by atoms with Crippen LogP contribution in [0.4, 0.5) is 5.69 Å². The maximum absolute atomic E-state index is 5.98. The van der Waals surface area contributed by atoms with Crippen molar-refractivity contribution in [1.29, 1.82) is 0 Å². The summed E-state index contributed by atoms with van der Waals surface area (Å²) in [5.74, 6) is 0.722. The van der Waals surface area contributed by atoms with Crippen LogP contribution < -0.4 is 10.6 Å². The number of rotatable bonds is 1. The number of halogens is 2. The van der Waals surface area contributed by atoms with E-state index in [-0.39, 0.29) is 13.5 Å². The fourth-order valence-corrected chi connectivity index (χ4v) is 1.71. The highest BCUT2D eigenvalue weighted by Crippen LogP contribution is 2.29. The summed E-state index contributed by atoms with van der Waals surface area (Å²) in [6.07, 6.45) is 0. The minimum absolute atomic E-state index is 0. The van der Waals surface area contributed by atoms with Crippen LogP contribution in [-0.4, -0.2) is 19.0 Å². The van der Waals surface area contributed by atoms with Crippen LogP contribution in [0, 0.1) is 0 Å². The number of guanidine groups is 1. The number of benzene rings is 1. The number of anilines is 1. The Hall–Kier alpha value is -0.580. The summed E-state index contributed by atoms with van der Waals surface area (Å²) in [4.78, 5) is 4.19. The van der Waals surface area contributed by atoms with Crippen LogP contribution >= 0.6 is 36.7 Å². The first-order valence-electron chi connectivity index (χ1n) is 4.27. The second-order valence-electron chi connectivity index (χ2n) is 2.88. The van der Waals surface area contributed by atoms with Crippen LogP contribution in [0.15, 0.2) is 23.2 Å². The zero-order valence-electron chi connectivity index (χ0n) is 7.85. The van der Waals surface area contributed by atoms with Crippen LogP contribution in [0.5, 0.6) is 0 Å². The van der Waals surface area contributed by atoms with Gasteiger partial charge in [0, 0.05) is 6.54 Å². The molecule has 2 N–H and O–H groups in total. The van der Waals surface area contributed by atoms with Gasteiger partial charge in [-0.05, 0) is 12.1 Å². The van der Waals surface area contributed by atoms with Gasteiger partial charge in [0.05, 0.1) is 22.3 Å². The van der Waals surface area contributed by atoms with E-state index >= 15 is 0 Å². The van der Waals surface area contributed by atoms with Crippen LogP contribution in [-0.2, 0) is 0 Å². The quantitative estimate of drug-likeness (QED) is 0.817. The minimum atomic E-state index is 0. The largest absolute Gasteiger partial charge is 0.354 e. The Bertz CT molecular complexity index is 361. The predicted molar refractivity (Wildman–Crippen MR) is 70.8 cm³/mol. The monoisotopic (exact) mass is 263 g/mol. The Labute approximate surface area is 105 Å². The van der Waals surface area contributed by atoms with Gasteiger partial charge in [0.1, 0.15) is 0 Å². The fourth-order valence-electron chi connectivity index (χ4n) is 1.22. The summed E-state index contributed by atoms with van der Waals surface area (Å²) in [6.45, 7) is 1.63. The number of nitrogens with one attached hydrogen (secondary N) is 2. The van der Waals surface area contributed by atoms with Gasteiger partial charge in [0.2, 0.25) is 0 Å². The van der Waals surface area contributed by atoms with Crippen LogP contribution in [0.25, 0.3) is 0 Å². The normalized spacial score (nSPS) is 13.9. The van der Waals surface area contributed by atoms with Crippen molar-refractivity contribution in [3.63, 3.8) is 0 Å². The molecule has 0 atom stereocenters. The third kappa shape index (κ3) is 2.93. The number of hydrogen-bond donors (Lipinski definition) is 2. The Morgan fingerprint density at radius 1 is 1.27 bits per heavy atom. The van der Waals surface area contributed by atoms with Gasteiger partial charge in [-0.25, -0.2) is 0 Å². The zero-order valence-corrected chi connectivity index (χ0v) is 10.4. The smallest absolute Gasteiger partial charge is 0.196 e. The molecule has 0 amide bonds. The Balaban J connectivity index is 0.00000112. The van der Waals surface area contributed by atoms with Gasteiger partial charge in [-0.1, -0.05) is 29.3 Å². The topological polar surface area (TPSA) is 36.4 Å². The highest BCUT2D eigenvalue weighted by molar-refractivity contribution is 7.59. The first kappa shape index (κ1) is 12.5. The molecule has 0 fully saturated rings. The summed E-state index contributed by atoms with van der Waals surface area (Å²) in [5, 5.41) is 7.32. The molecule has 15 heavy (non-hydrogen) atoms. The molecule has 82 valence electrons. The van der Waals surface area contributed by atoms with E-state index in [0.717, 1.165) is 19.0 Å². The van der Waals surface area contributed by atoms with Crippen molar-refractivity contribution in [2.75, 3.05) is 18.4 Å². The molecule has 0 saturated carbocycles. The molecule has 0 radical (unpaired) electrons. The molecule has 0 aromatic heterocycles. The van der Waals surface area contributed by atoms with Crippen LogP contribution in [0.3, 0.4) is 0 Å². The summed E-state index contributed by atoms with van der Waals surface area (Å²) in [5.41, 5.74) is 0.698. The maximum atomic E-state index is 5.98. The Kier molecular flexibility index (Phi) is 4.57. The van der Waals surface area contributed by atoms with Crippen LogP contribution in [0.1, 0.15) is 0 Å². The number of hydrogen-bond acceptors (Lipinski definition) is 3. The van der Waals surface area contributed by atoms with E-state index < -0.39 is 0 Å². The highest BCUT2D eigenvalue weighted by atomic mass is 35.5. The van der Waals surface area contributed by atoms with Gasteiger partial charge in [0.15, 0.2) is 5.96 Å². The first-order valence-corrected chi connectivity index (χ1v) is 5.02. The average molecular weight is 264 g/mol. The third-order valence-electron chi connectivity index (χ3n) is 1.88. The van der Waals surface area contributed by atoms with E-state index in [2.05, 4.69) is 15.6 Å². The predicted octanol–water partition coefficient (Wildman–Crippen LogP) is 2.48. The zero-order chi connectivity index (χ0) is 9.97. The van der Waals surface area contributed by atoms with Crippen molar-refractivity contribution in [2.24, 2.45) is 4.99 Å². The van der Waals surface area contributed by atoms with Crippen molar-refractivity contribution in [2.45, 2.75) is 0 Å². The molecule has 1 aliphatic rings. The maximum Gasteiger partial charge on any atom is 0.196 e. The van der Waals surface area contributed by atoms with Crippen molar-refractivity contribution in [1.82, 2.24) is 5.32 Å². The van der Waals surface area contributed by atoms with E-state index in [0.29, 0.717) is 15.7 Å². The third-order valence-corrected chi connectivity index (χ3v) is 2.51. The van der Waals surface area contributed by atoms with Gasteiger partial charge >= 0.3 is 0 Å². The molecule has 0 bridgehead atoms. The van der Waals surface area contributed by atoms with Crippen molar-refractivity contribution in [3.05, 3.63) is 28.2 Å². The SMILES string of the molecule is Clc1cccc(Cl)c1NC1=NCCN1.S. The average Bonchev–Trinajstić information content (AvgIpc) is 2.64. The van der Waals surface area contributed by atoms with Gasteiger partial charge < -0.3 is 10.6 Å². The number of nitrogens with zero attached hydrogens (tertiary/aromatic N) is 1. The second-order valence-corrected chi connectivity index (χ2v) is 3.69. The van der Waals surface area contributed by atoms with Gasteiger partial charge in [-0.2, -0.15) is 13.5 Å². The van der Waals surface area contributed by atoms with Gasteiger partial charge in [-0.3, -0.25) is 4.99 Å². The van der Waals surface area contributed by atoms with E-state index in [1.165, 1.54) is 0 Å². The van der Waals surface area contributed by atoms with Crippen molar-refractivity contribution < 1.29 is 0 Å². The van der Waals surface area contributed by atoms with Gasteiger partial charge in [-0.15, -0.1) is 0 Å². The standard InChI is InChI=1S/C9H9Cl2N3.H2S/c10-6-2-1-3-7(11)8(6)14-9-12-4-5-13-9;/h1-3H,4-5H2,(H2,12,13,14);1H2. The molecule has 0 aliphatic carbocycles.